The van der Waals surface area contributed by atoms with Crippen molar-refractivity contribution in [2.75, 3.05) is 26.5 Å². The summed E-state index contributed by atoms with van der Waals surface area (Å²) < 4.78 is 0.686. The van der Waals surface area contributed by atoms with E-state index in [0.29, 0.717) is 16.2 Å². The van der Waals surface area contributed by atoms with Crippen molar-refractivity contribution >= 4 is 33.9 Å². The summed E-state index contributed by atoms with van der Waals surface area (Å²) in [5.41, 5.74) is 0. The van der Waals surface area contributed by atoms with Gasteiger partial charge in [-0.2, -0.15) is 0 Å². The molecule has 1 rings (SSSR count). The number of hydrogen-bond donors (Lipinski definition) is 1. The lowest BCUT2D eigenvalue weighted by atomic mass is 10.6. The molecule has 1 aromatic heterocycles. The van der Waals surface area contributed by atoms with E-state index in [9.17, 15) is 0 Å². The first kappa shape index (κ1) is 10.9. The molecule has 0 aromatic carbocycles. The largest absolute Gasteiger partial charge is 0.370 e. The zero-order chi connectivity index (χ0) is 10.6. The van der Waals surface area contributed by atoms with Crippen molar-refractivity contribution in [2.24, 2.45) is 4.99 Å². The van der Waals surface area contributed by atoms with E-state index in [4.69, 9.17) is 0 Å². The summed E-state index contributed by atoms with van der Waals surface area (Å²) in [5.74, 6) is 1.22. The molecule has 0 saturated heterocycles. The molecule has 1 N–H and O–H groups in total. The van der Waals surface area contributed by atoms with Gasteiger partial charge in [0.25, 0.3) is 0 Å². The van der Waals surface area contributed by atoms with Crippen molar-refractivity contribution in [1.29, 1.82) is 0 Å². The Morgan fingerprint density at radius 2 is 2.29 bits per heavy atom. The van der Waals surface area contributed by atoms with E-state index in [1.54, 1.807) is 19.6 Å². The molecule has 1 heterocycles. The van der Waals surface area contributed by atoms with Crippen LogP contribution in [0.1, 0.15) is 0 Å². The summed E-state index contributed by atoms with van der Waals surface area (Å²) in [6.07, 6.45) is 3.29. The summed E-state index contributed by atoms with van der Waals surface area (Å²) in [6.45, 7) is 0. The average Bonchev–Trinajstić information content (AvgIpc) is 2.15. The Morgan fingerprint density at radius 1 is 1.57 bits per heavy atom. The van der Waals surface area contributed by atoms with Crippen molar-refractivity contribution in [3.63, 3.8) is 0 Å². The molecule has 5 nitrogen and oxygen atoms in total. The van der Waals surface area contributed by atoms with Crippen molar-refractivity contribution in [3.05, 3.63) is 10.8 Å². The van der Waals surface area contributed by atoms with Gasteiger partial charge in [-0.25, -0.2) is 15.0 Å². The van der Waals surface area contributed by atoms with Gasteiger partial charge < -0.3 is 10.2 Å². The number of nitrogens with one attached hydrogen (secondary N) is 1. The van der Waals surface area contributed by atoms with Crippen LogP contribution in [0, 0.1) is 0 Å². The van der Waals surface area contributed by atoms with Gasteiger partial charge >= 0.3 is 0 Å². The Bertz CT molecular complexity index is 337. The third kappa shape index (κ3) is 2.95. The number of hydrogen-bond acceptors (Lipinski definition) is 4. The van der Waals surface area contributed by atoms with Gasteiger partial charge in [-0.3, -0.25) is 0 Å². The molecule has 0 radical (unpaired) electrons. The lowest BCUT2D eigenvalue weighted by Gasteiger charge is -2.05. The van der Waals surface area contributed by atoms with Crippen molar-refractivity contribution < 1.29 is 0 Å². The SMILES string of the molecule is CNc1nc(Br)cnc1/N=C\N(C)C. The number of nitrogens with zero attached hydrogens (tertiary/aromatic N) is 4. The fraction of sp³-hybridized carbons (Fsp3) is 0.375. The standard InChI is InChI=1S/C8H12BrN5/c1-10-7-8(12-5-14(2)3)11-4-6(9)13-7/h4-5H,1-3H3,(H,10,13)/b12-5-. The minimum Gasteiger partial charge on any atom is -0.370 e. The molecule has 0 amide bonds. The van der Waals surface area contributed by atoms with Crippen LogP contribution in [-0.2, 0) is 0 Å². The second-order valence-corrected chi connectivity index (χ2v) is 3.64. The fourth-order valence-corrected chi connectivity index (χ4v) is 1.07. The normalized spacial score (nSPS) is 10.6. The number of rotatable bonds is 3. The van der Waals surface area contributed by atoms with Crippen LogP contribution < -0.4 is 5.32 Å². The van der Waals surface area contributed by atoms with Crippen LogP contribution >= 0.6 is 15.9 Å². The van der Waals surface area contributed by atoms with Gasteiger partial charge in [0.15, 0.2) is 11.6 Å². The van der Waals surface area contributed by atoms with E-state index in [1.165, 1.54) is 0 Å². The summed E-state index contributed by atoms with van der Waals surface area (Å²) in [7, 11) is 5.58. The summed E-state index contributed by atoms with van der Waals surface area (Å²) in [6, 6.07) is 0. The Labute approximate surface area is 91.4 Å². The molecule has 1 aromatic rings. The Hall–Kier alpha value is -1.17. The highest BCUT2D eigenvalue weighted by atomic mass is 79.9. The molecule has 6 heteroatoms. The van der Waals surface area contributed by atoms with Gasteiger partial charge in [0, 0.05) is 21.1 Å². The predicted octanol–water partition coefficient (Wildman–Crippen LogP) is 1.50. The van der Waals surface area contributed by atoms with E-state index < -0.39 is 0 Å². The lowest BCUT2D eigenvalue weighted by molar-refractivity contribution is 0.643. The van der Waals surface area contributed by atoms with Crippen molar-refractivity contribution in [2.45, 2.75) is 0 Å². The van der Waals surface area contributed by atoms with Crippen LogP contribution in [0.4, 0.5) is 11.6 Å². The number of anilines is 1. The van der Waals surface area contributed by atoms with E-state index in [0.717, 1.165) is 0 Å². The van der Waals surface area contributed by atoms with Crippen LogP contribution in [-0.4, -0.2) is 42.3 Å². The van der Waals surface area contributed by atoms with Gasteiger partial charge in [-0.1, -0.05) is 0 Å². The first-order valence-electron chi connectivity index (χ1n) is 4.04. The second-order valence-electron chi connectivity index (χ2n) is 2.82. The van der Waals surface area contributed by atoms with Gasteiger partial charge in [0.1, 0.15) is 4.60 Å². The summed E-state index contributed by atoms with van der Waals surface area (Å²) in [4.78, 5) is 14.3. The molecule has 0 fully saturated rings. The van der Waals surface area contributed by atoms with Crippen molar-refractivity contribution in [1.82, 2.24) is 14.9 Å². The zero-order valence-corrected chi connectivity index (χ0v) is 9.91. The molecule has 0 unspecified atom stereocenters. The van der Waals surface area contributed by atoms with E-state index in [2.05, 4.69) is 36.2 Å². The van der Waals surface area contributed by atoms with E-state index in [-0.39, 0.29) is 0 Å². The van der Waals surface area contributed by atoms with Crippen LogP contribution in [0.15, 0.2) is 15.8 Å². The number of aliphatic imine (C=N–C) groups is 1. The molecule has 0 spiro atoms. The fourth-order valence-electron chi connectivity index (χ4n) is 0.794. The van der Waals surface area contributed by atoms with E-state index >= 15 is 0 Å². The molecule has 14 heavy (non-hydrogen) atoms. The van der Waals surface area contributed by atoms with E-state index in [1.807, 2.05) is 19.0 Å². The quantitative estimate of drug-likeness (QED) is 0.659. The highest BCUT2D eigenvalue weighted by Crippen LogP contribution is 2.20. The molecule has 0 atom stereocenters. The third-order valence-electron chi connectivity index (χ3n) is 1.37. The molecular formula is C8H12BrN5. The van der Waals surface area contributed by atoms with Crippen LogP contribution in [0.5, 0.6) is 0 Å². The molecule has 0 saturated carbocycles. The summed E-state index contributed by atoms with van der Waals surface area (Å²) >= 11 is 3.24. The maximum atomic E-state index is 4.18. The maximum absolute atomic E-state index is 4.18. The first-order valence-corrected chi connectivity index (χ1v) is 4.83. The Morgan fingerprint density at radius 3 is 2.86 bits per heavy atom. The second kappa shape index (κ2) is 4.90. The Kier molecular flexibility index (Phi) is 3.82. The van der Waals surface area contributed by atoms with Gasteiger partial charge in [-0.05, 0) is 15.9 Å². The van der Waals surface area contributed by atoms with Crippen LogP contribution in [0.25, 0.3) is 0 Å². The molecule has 0 aliphatic rings. The molecule has 0 aliphatic carbocycles. The monoisotopic (exact) mass is 257 g/mol. The third-order valence-corrected chi connectivity index (χ3v) is 1.75. The zero-order valence-electron chi connectivity index (χ0n) is 8.32. The van der Waals surface area contributed by atoms with Gasteiger partial charge in [-0.15, -0.1) is 0 Å². The predicted molar refractivity (Wildman–Crippen MR) is 61.1 cm³/mol. The van der Waals surface area contributed by atoms with Gasteiger partial charge in [0.05, 0.1) is 12.5 Å². The van der Waals surface area contributed by atoms with Crippen LogP contribution in [0.3, 0.4) is 0 Å². The molecule has 76 valence electrons. The smallest absolute Gasteiger partial charge is 0.196 e. The minimum absolute atomic E-state index is 0.574. The highest BCUT2D eigenvalue weighted by molar-refractivity contribution is 9.10. The highest BCUT2D eigenvalue weighted by Gasteiger charge is 2.02. The lowest BCUT2D eigenvalue weighted by Crippen LogP contribution is -2.07. The van der Waals surface area contributed by atoms with Crippen molar-refractivity contribution in [3.8, 4) is 0 Å². The van der Waals surface area contributed by atoms with Gasteiger partial charge in [0.2, 0.25) is 0 Å². The summed E-state index contributed by atoms with van der Waals surface area (Å²) in [5, 5.41) is 2.92. The number of aromatic nitrogens is 2. The Balaban J connectivity index is 2.96. The minimum atomic E-state index is 0.574. The number of halogens is 1. The topological polar surface area (TPSA) is 53.4 Å². The average molecular weight is 258 g/mol. The van der Waals surface area contributed by atoms with Crippen LogP contribution in [0.2, 0.25) is 0 Å². The molecule has 0 aliphatic heterocycles. The first-order chi connectivity index (χ1) is 6.63. The molecular weight excluding hydrogens is 246 g/mol. The maximum Gasteiger partial charge on any atom is 0.196 e. The molecule has 0 bridgehead atoms.